The first kappa shape index (κ1) is 24.9. The van der Waals surface area contributed by atoms with Crippen LogP contribution < -0.4 is 10.3 Å². The number of sulfonamides is 1. The van der Waals surface area contributed by atoms with E-state index in [4.69, 9.17) is 11.6 Å². The quantitative estimate of drug-likeness (QED) is 0.261. The number of hydrogen-bond donors (Lipinski definition) is 2. The summed E-state index contributed by atoms with van der Waals surface area (Å²) in [5, 5.41) is 1.09. The number of fused-ring (bicyclic) bond motifs is 4. The van der Waals surface area contributed by atoms with Crippen LogP contribution >= 0.6 is 22.9 Å². The summed E-state index contributed by atoms with van der Waals surface area (Å²) in [5.74, 6) is -0.824. The van der Waals surface area contributed by atoms with Gasteiger partial charge in [-0.1, -0.05) is 29.8 Å². The van der Waals surface area contributed by atoms with Crippen LogP contribution in [-0.4, -0.2) is 39.1 Å². The fourth-order valence-electron chi connectivity index (χ4n) is 5.10. The van der Waals surface area contributed by atoms with Crippen molar-refractivity contribution in [1.82, 2.24) is 24.2 Å². The van der Waals surface area contributed by atoms with Crippen molar-refractivity contribution in [1.29, 1.82) is 0 Å². The molecule has 0 atom stereocenters. The maximum Gasteiger partial charge on any atom is 0.282 e. The molecule has 9 nitrogen and oxygen atoms in total. The minimum atomic E-state index is -3.89. The second kappa shape index (κ2) is 9.26. The Balaban J connectivity index is 1.55. The first-order valence-electron chi connectivity index (χ1n) is 12.5. The zero-order valence-corrected chi connectivity index (χ0v) is 23.1. The molecule has 4 heterocycles. The molecule has 6 aromatic rings. The molecule has 1 aliphatic rings. The number of halogens is 1. The standard InChI is InChI=1S/C28H20ClN5O4S2/c29-26-16(12-15-4-1-2-6-19(15)32-26)13-34-20-9-10-21-24(31-14-39-21)23(20)22(18-5-3-11-30-27(18)35)25(34)28(36)33-40(37,38)17-7-8-17/h1-6,9-12,14,17H,7-8,13H2,(H,30,35)(H,33,36). The fraction of sp³-hybridized carbons (Fsp3) is 0.143. The zero-order valence-electron chi connectivity index (χ0n) is 20.7. The van der Waals surface area contributed by atoms with Crippen LogP contribution in [0.2, 0.25) is 5.15 Å². The first-order valence-corrected chi connectivity index (χ1v) is 15.3. The van der Waals surface area contributed by atoms with Gasteiger partial charge in [-0.25, -0.2) is 23.1 Å². The minimum Gasteiger partial charge on any atom is -0.331 e. The van der Waals surface area contributed by atoms with E-state index in [0.717, 1.165) is 15.6 Å². The van der Waals surface area contributed by atoms with Gasteiger partial charge in [0.2, 0.25) is 10.0 Å². The minimum absolute atomic E-state index is 0.0284. The molecule has 1 aliphatic carbocycles. The lowest BCUT2D eigenvalue weighted by atomic mass is 10.0. The summed E-state index contributed by atoms with van der Waals surface area (Å²) in [6.45, 7) is 0.0970. The van der Waals surface area contributed by atoms with Crippen molar-refractivity contribution in [3.05, 3.63) is 93.1 Å². The average molecular weight is 590 g/mol. The molecule has 0 bridgehead atoms. The van der Waals surface area contributed by atoms with Gasteiger partial charge in [-0.2, -0.15) is 0 Å². The number of rotatable bonds is 6. The lowest BCUT2D eigenvalue weighted by molar-refractivity contribution is 0.0974. The number of H-pyrrole nitrogens is 1. The largest absolute Gasteiger partial charge is 0.331 e. The summed E-state index contributed by atoms with van der Waals surface area (Å²) >= 11 is 8.06. The number of para-hydroxylation sites is 1. The third-order valence-electron chi connectivity index (χ3n) is 7.11. The van der Waals surface area contributed by atoms with E-state index in [1.54, 1.807) is 22.2 Å². The van der Waals surface area contributed by atoms with Crippen LogP contribution in [0.3, 0.4) is 0 Å². The number of carbonyl (C=O) groups is 1. The van der Waals surface area contributed by atoms with Crippen LogP contribution in [0.25, 0.3) is 43.1 Å². The summed E-state index contributed by atoms with van der Waals surface area (Å²) in [5.41, 5.74) is 4.41. The van der Waals surface area contributed by atoms with Gasteiger partial charge in [0.15, 0.2) is 0 Å². The number of thiazole rings is 1. The smallest absolute Gasteiger partial charge is 0.282 e. The van der Waals surface area contributed by atoms with Crippen LogP contribution in [0.1, 0.15) is 28.9 Å². The molecule has 1 saturated carbocycles. The molecule has 2 N–H and O–H groups in total. The maximum absolute atomic E-state index is 14.0. The number of benzene rings is 2. The van der Waals surface area contributed by atoms with Crippen LogP contribution in [0.4, 0.5) is 0 Å². The number of aromatic amines is 1. The number of nitrogens with one attached hydrogen (secondary N) is 2. The molecule has 0 aliphatic heterocycles. The topological polar surface area (TPSA) is 127 Å². The highest BCUT2D eigenvalue weighted by Crippen LogP contribution is 2.40. The van der Waals surface area contributed by atoms with Gasteiger partial charge in [0.1, 0.15) is 10.8 Å². The zero-order chi connectivity index (χ0) is 27.6. The Kier molecular flexibility index (Phi) is 5.77. The number of nitrogens with zero attached hydrogens (tertiary/aromatic N) is 3. The summed E-state index contributed by atoms with van der Waals surface area (Å²) in [4.78, 5) is 38.8. The molecule has 1 amide bonds. The number of hydrogen-bond acceptors (Lipinski definition) is 7. The van der Waals surface area contributed by atoms with E-state index >= 15 is 0 Å². The molecule has 0 radical (unpaired) electrons. The third kappa shape index (κ3) is 4.09. The molecular formula is C28H20ClN5O4S2. The molecule has 0 spiro atoms. The van der Waals surface area contributed by atoms with Gasteiger partial charge in [-0.3, -0.25) is 9.59 Å². The van der Waals surface area contributed by atoms with Crippen LogP contribution in [0.15, 0.2) is 71.1 Å². The van der Waals surface area contributed by atoms with Gasteiger partial charge in [0, 0.05) is 28.1 Å². The Bertz CT molecular complexity index is 2160. The summed E-state index contributed by atoms with van der Waals surface area (Å²) < 4.78 is 30.6. The average Bonchev–Trinajstić information content (AvgIpc) is 3.61. The third-order valence-corrected chi connectivity index (χ3v) is 10.0. The normalized spacial score (nSPS) is 13.8. The van der Waals surface area contributed by atoms with Crippen molar-refractivity contribution in [3.8, 4) is 11.1 Å². The van der Waals surface area contributed by atoms with Crippen LogP contribution in [0, 0.1) is 0 Å². The Labute approximate surface area is 236 Å². The molecule has 1 fully saturated rings. The van der Waals surface area contributed by atoms with Crippen molar-refractivity contribution < 1.29 is 13.2 Å². The molecule has 12 heteroatoms. The van der Waals surface area contributed by atoms with Crippen molar-refractivity contribution in [2.24, 2.45) is 0 Å². The lowest BCUT2D eigenvalue weighted by Gasteiger charge is -2.14. The van der Waals surface area contributed by atoms with Gasteiger partial charge in [0.25, 0.3) is 11.5 Å². The van der Waals surface area contributed by atoms with Crippen molar-refractivity contribution in [2.45, 2.75) is 24.6 Å². The van der Waals surface area contributed by atoms with E-state index < -0.39 is 26.7 Å². The lowest BCUT2D eigenvalue weighted by Crippen LogP contribution is -2.35. The molecule has 40 heavy (non-hydrogen) atoms. The predicted molar refractivity (Wildman–Crippen MR) is 156 cm³/mol. The Hall–Kier alpha value is -4.06. The van der Waals surface area contributed by atoms with Crippen molar-refractivity contribution in [3.63, 3.8) is 0 Å². The molecule has 2 aromatic carbocycles. The van der Waals surface area contributed by atoms with Gasteiger partial charge < -0.3 is 9.55 Å². The second-order valence-corrected chi connectivity index (χ2v) is 12.9. The van der Waals surface area contributed by atoms with Crippen LogP contribution in [0.5, 0.6) is 0 Å². The SMILES string of the molecule is O=C(NS(=O)(=O)C1CC1)c1c(-c2ccc[nH]c2=O)c2c3ncsc3ccc2n1Cc1cc2ccccc2nc1Cl. The maximum atomic E-state index is 14.0. The molecule has 0 unspecified atom stereocenters. The summed E-state index contributed by atoms with van der Waals surface area (Å²) in [7, 11) is -3.89. The molecule has 200 valence electrons. The van der Waals surface area contributed by atoms with E-state index in [1.807, 2.05) is 42.5 Å². The predicted octanol–water partition coefficient (Wildman–Crippen LogP) is 5.08. The molecule has 4 aromatic heterocycles. The molecular weight excluding hydrogens is 570 g/mol. The van der Waals surface area contributed by atoms with E-state index in [0.29, 0.717) is 40.4 Å². The van der Waals surface area contributed by atoms with Crippen molar-refractivity contribution >= 4 is 70.9 Å². The van der Waals surface area contributed by atoms with Gasteiger partial charge in [-0.05, 0) is 49.2 Å². The summed E-state index contributed by atoms with van der Waals surface area (Å²) in [6, 6.07) is 16.5. The van der Waals surface area contributed by atoms with E-state index in [1.165, 1.54) is 17.5 Å². The number of amides is 1. The van der Waals surface area contributed by atoms with Gasteiger partial charge in [-0.15, -0.1) is 11.3 Å². The monoisotopic (exact) mass is 589 g/mol. The Morgan fingerprint density at radius 3 is 2.77 bits per heavy atom. The fourth-order valence-corrected chi connectivity index (χ4v) is 7.27. The highest BCUT2D eigenvalue weighted by Gasteiger charge is 2.38. The number of aromatic nitrogens is 4. The number of carbonyl (C=O) groups excluding carboxylic acids is 1. The van der Waals surface area contributed by atoms with Crippen LogP contribution in [-0.2, 0) is 16.6 Å². The molecule has 0 saturated heterocycles. The Morgan fingerprint density at radius 2 is 1.98 bits per heavy atom. The first-order chi connectivity index (χ1) is 19.3. The Morgan fingerprint density at radius 1 is 1.15 bits per heavy atom. The van der Waals surface area contributed by atoms with Gasteiger partial charge >= 0.3 is 0 Å². The second-order valence-electron chi connectivity index (χ2n) is 9.69. The molecule has 7 rings (SSSR count). The number of pyridine rings is 2. The van der Waals surface area contributed by atoms with E-state index in [9.17, 15) is 18.0 Å². The van der Waals surface area contributed by atoms with Crippen molar-refractivity contribution in [2.75, 3.05) is 0 Å². The van der Waals surface area contributed by atoms with E-state index in [-0.39, 0.29) is 23.0 Å². The van der Waals surface area contributed by atoms with E-state index in [2.05, 4.69) is 19.7 Å². The highest BCUT2D eigenvalue weighted by atomic mass is 35.5. The highest BCUT2D eigenvalue weighted by molar-refractivity contribution is 7.91. The van der Waals surface area contributed by atoms with Gasteiger partial charge in [0.05, 0.1) is 44.1 Å². The summed E-state index contributed by atoms with van der Waals surface area (Å²) in [6.07, 6.45) is 2.49.